The molecule has 170 valence electrons. The van der Waals surface area contributed by atoms with Crippen molar-refractivity contribution in [1.29, 1.82) is 0 Å². The number of carbonyl (C=O) groups excluding carboxylic acids is 2. The Bertz CT molecular complexity index is 941. The van der Waals surface area contributed by atoms with Crippen LogP contribution in [-0.4, -0.2) is 47.3 Å². The Kier molecular flexibility index (Phi) is 8.76. The minimum absolute atomic E-state index is 0.134. The summed E-state index contributed by atoms with van der Waals surface area (Å²) in [5.74, 6) is 0.0694. The molecule has 0 aromatic heterocycles. The average Bonchev–Trinajstić information content (AvgIpc) is 2.83. The number of thioether (sulfide) groups is 1. The average molecular weight is 472 g/mol. The van der Waals surface area contributed by atoms with Crippen molar-refractivity contribution in [3.05, 3.63) is 70.7 Å². The molecule has 0 bridgehead atoms. The van der Waals surface area contributed by atoms with Gasteiger partial charge in [0.15, 0.2) is 5.17 Å². The number of aliphatic imine (C=N–C) groups is 1. The second-order valence-corrected chi connectivity index (χ2v) is 9.40. The molecule has 0 radical (unpaired) electrons. The minimum Gasteiger partial charge on any atom is -0.361 e. The lowest BCUT2D eigenvalue weighted by Gasteiger charge is -2.35. The molecule has 0 aliphatic carbocycles. The largest absolute Gasteiger partial charge is 0.361 e. The standard InChI is InChI=1S/C25H30ClN3O2S/c1-17(18(2)27-25(32-3)28-23(30)21-7-5-4-6-8-21)24(31)29-15-13-20(14-16-29)19-9-11-22(26)12-10-19/h4-12,17-18,20H,13-16H2,1-3H3,(H,27,28,30). The molecule has 1 aliphatic rings. The summed E-state index contributed by atoms with van der Waals surface area (Å²) < 4.78 is 0. The van der Waals surface area contributed by atoms with Gasteiger partial charge in [-0.25, -0.2) is 0 Å². The van der Waals surface area contributed by atoms with Gasteiger partial charge in [-0.3, -0.25) is 9.59 Å². The fourth-order valence-electron chi connectivity index (χ4n) is 3.86. The topological polar surface area (TPSA) is 61.8 Å². The molecule has 1 N–H and O–H groups in total. The zero-order valence-corrected chi connectivity index (χ0v) is 20.3. The molecule has 2 aromatic rings. The molecule has 7 heteroatoms. The number of amidine groups is 1. The maximum atomic E-state index is 13.1. The third kappa shape index (κ3) is 6.36. The van der Waals surface area contributed by atoms with Crippen molar-refractivity contribution in [2.24, 2.45) is 10.9 Å². The van der Waals surface area contributed by atoms with Crippen LogP contribution in [0.2, 0.25) is 5.02 Å². The summed E-state index contributed by atoms with van der Waals surface area (Å²) in [5.41, 5.74) is 1.83. The van der Waals surface area contributed by atoms with E-state index < -0.39 is 0 Å². The maximum absolute atomic E-state index is 13.1. The number of hydrogen-bond acceptors (Lipinski definition) is 3. The van der Waals surface area contributed by atoms with Crippen molar-refractivity contribution in [3.63, 3.8) is 0 Å². The molecule has 1 saturated heterocycles. The van der Waals surface area contributed by atoms with Gasteiger partial charge in [0, 0.05) is 29.7 Å². The zero-order chi connectivity index (χ0) is 23.1. The van der Waals surface area contributed by atoms with Crippen molar-refractivity contribution in [2.75, 3.05) is 19.3 Å². The van der Waals surface area contributed by atoms with E-state index in [9.17, 15) is 9.59 Å². The number of nitrogens with one attached hydrogen (secondary N) is 1. The van der Waals surface area contributed by atoms with Crippen molar-refractivity contribution in [2.45, 2.75) is 38.6 Å². The summed E-state index contributed by atoms with van der Waals surface area (Å²) in [7, 11) is 0. The van der Waals surface area contributed by atoms with Crippen LogP contribution >= 0.6 is 23.4 Å². The Morgan fingerprint density at radius 2 is 1.69 bits per heavy atom. The summed E-state index contributed by atoms with van der Waals surface area (Å²) in [4.78, 5) is 31.6. The Morgan fingerprint density at radius 1 is 1.06 bits per heavy atom. The number of nitrogens with zero attached hydrogens (tertiary/aromatic N) is 2. The Hall–Kier alpha value is -2.31. The Balaban J connectivity index is 1.55. The van der Waals surface area contributed by atoms with Crippen LogP contribution in [0, 0.1) is 5.92 Å². The summed E-state index contributed by atoms with van der Waals surface area (Å²) in [6.45, 7) is 5.39. The number of halogens is 1. The van der Waals surface area contributed by atoms with Gasteiger partial charge in [-0.15, -0.1) is 0 Å². The van der Waals surface area contributed by atoms with Crippen molar-refractivity contribution >= 4 is 40.3 Å². The van der Waals surface area contributed by atoms with E-state index in [1.54, 1.807) is 12.1 Å². The Labute approximate surface area is 199 Å². The first-order valence-corrected chi connectivity index (χ1v) is 12.5. The maximum Gasteiger partial charge on any atom is 0.279 e. The zero-order valence-electron chi connectivity index (χ0n) is 18.8. The second-order valence-electron chi connectivity index (χ2n) is 8.17. The summed E-state index contributed by atoms with van der Waals surface area (Å²) >= 11 is 7.37. The number of benzene rings is 2. The highest BCUT2D eigenvalue weighted by atomic mass is 35.5. The number of piperidine rings is 1. The first kappa shape index (κ1) is 24.3. The first-order chi connectivity index (χ1) is 15.4. The molecule has 5 nitrogen and oxygen atoms in total. The van der Waals surface area contributed by atoms with E-state index in [4.69, 9.17) is 11.6 Å². The molecule has 32 heavy (non-hydrogen) atoms. The van der Waals surface area contributed by atoms with Crippen molar-refractivity contribution in [3.8, 4) is 0 Å². The highest BCUT2D eigenvalue weighted by Crippen LogP contribution is 2.29. The molecule has 2 aromatic carbocycles. The van der Waals surface area contributed by atoms with Gasteiger partial charge in [-0.05, 0) is 61.8 Å². The van der Waals surface area contributed by atoms with E-state index in [0.29, 0.717) is 16.6 Å². The molecule has 3 rings (SSSR count). The van der Waals surface area contributed by atoms with Crippen LogP contribution in [-0.2, 0) is 4.79 Å². The van der Waals surface area contributed by atoms with Gasteiger partial charge in [0.05, 0.1) is 5.92 Å². The molecule has 2 amide bonds. The van der Waals surface area contributed by atoms with E-state index in [-0.39, 0.29) is 23.8 Å². The number of rotatable bonds is 5. The molecule has 0 spiro atoms. The van der Waals surface area contributed by atoms with Gasteiger partial charge in [-0.1, -0.05) is 60.6 Å². The van der Waals surface area contributed by atoms with Crippen LogP contribution in [0.25, 0.3) is 0 Å². The smallest absolute Gasteiger partial charge is 0.279 e. The number of hydrogen-bond donors (Lipinski definition) is 1. The number of likely N-dealkylation sites (tertiary alicyclic amines) is 1. The van der Waals surface area contributed by atoms with Gasteiger partial charge in [-0.2, -0.15) is 4.99 Å². The van der Waals surface area contributed by atoms with E-state index >= 15 is 0 Å². The van der Waals surface area contributed by atoms with Crippen LogP contribution < -0.4 is 5.32 Å². The van der Waals surface area contributed by atoms with E-state index in [1.807, 2.05) is 55.3 Å². The molecule has 2 unspecified atom stereocenters. The van der Waals surface area contributed by atoms with E-state index in [1.165, 1.54) is 17.3 Å². The van der Waals surface area contributed by atoms with Crippen molar-refractivity contribution in [1.82, 2.24) is 10.2 Å². The third-order valence-electron chi connectivity index (χ3n) is 6.06. The van der Waals surface area contributed by atoms with Gasteiger partial charge < -0.3 is 10.2 Å². The number of carbonyl (C=O) groups is 2. The van der Waals surface area contributed by atoms with Gasteiger partial charge in [0.2, 0.25) is 5.91 Å². The predicted molar refractivity (Wildman–Crippen MR) is 133 cm³/mol. The molecule has 2 atom stereocenters. The summed E-state index contributed by atoms with van der Waals surface area (Å²) in [6.07, 6.45) is 3.76. The lowest BCUT2D eigenvalue weighted by molar-refractivity contribution is -0.136. The van der Waals surface area contributed by atoms with Gasteiger partial charge in [0.1, 0.15) is 0 Å². The molecule has 1 fully saturated rings. The molecule has 0 saturated carbocycles. The van der Waals surface area contributed by atoms with Crippen LogP contribution in [0.3, 0.4) is 0 Å². The SMILES string of the molecule is CSC(=NC(=O)c1ccccc1)NC(C)C(C)C(=O)N1CCC(c2ccc(Cl)cc2)CC1. The first-order valence-electron chi connectivity index (χ1n) is 10.9. The molecule has 1 aliphatic heterocycles. The second kappa shape index (κ2) is 11.5. The van der Waals surface area contributed by atoms with Gasteiger partial charge in [0.25, 0.3) is 5.91 Å². The quantitative estimate of drug-likeness (QED) is 0.479. The predicted octanol–water partition coefficient (Wildman–Crippen LogP) is 5.22. The summed E-state index contributed by atoms with van der Waals surface area (Å²) in [6, 6.07) is 16.9. The Morgan fingerprint density at radius 3 is 2.28 bits per heavy atom. The van der Waals surface area contributed by atoms with Crippen LogP contribution in [0.4, 0.5) is 0 Å². The number of amides is 2. The molecular formula is C25H30ClN3O2S. The molecule has 1 heterocycles. The van der Waals surface area contributed by atoms with E-state index in [0.717, 1.165) is 31.0 Å². The van der Waals surface area contributed by atoms with Crippen LogP contribution in [0.5, 0.6) is 0 Å². The van der Waals surface area contributed by atoms with Crippen LogP contribution in [0.1, 0.15) is 48.5 Å². The lowest BCUT2D eigenvalue weighted by Crippen LogP contribution is -2.47. The molecular weight excluding hydrogens is 442 g/mol. The van der Waals surface area contributed by atoms with E-state index in [2.05, 4.69) is 22.4 Å². The highest BCUT2D eigenvalue weighted by Gasteiger charge is 2.29. The fourth-order valence-corrected chi connectivity index (χ4v) is 4.47. The highest BCUT2D eigenvalue weighted by molar-refractivity contribution is 8.13. The monoisotopic (exact) mass is 471 g/mol. The third-order valence-corrected chi connectivity index (χ3v) is 6.90. The normalized spacial score (nSPS) is 17.0. The minimum atomic E-state index is -0.294. The van der Waals surface area contributed by atoms with Gasteiger partial charge >= 0.3 is 0 Å². The fraction of sp³-hybridized carbons (Fsp3) is 0.400. The summed E-state index contributed by atoms with van der Waals surface area (Å²) in [5, 5.41) is 4.53. The van der Waals surface area contributed by atoms with Crippen LogP contribution in [0.15, 0.2) is 59.6 Å². The van der Waals surface area contributed by atoms with Crippen molar-refractivity contribution < 1.29 is 9.59 Å². The lowest BCUT2D eigenvalue weighted by atomic mass is 9.88.